The summed E-state index contributed by atoms with van der Waals surface area (Å²) in [6, 6.07) is 0. The minimum absolute atomic E-state index is 0. The Balaban J connectivity index is -0.0000000918. The van der Waals surface area contributed by atoms with Gasteiger partial charge in [0, 0.05) is 0 Å². The SMILES string of the molecule is C.CCCCC(CC)COP(=O)(O)OCC(CC)CCCC.CCCCC(CC)COP(=O)(O)OCC(CC)CCCC.CCCCC(CC)COP(=O)(O)OCC(CC)CCCC.Cl.Cl.[Cl-].[Cl-].[Cu+2].[Cu+2]. The van der Waals surface area contributed by atoms with E-state index in [1.807, 2.05) is 0 Å². The van der Waals surface area contributed by atoms with Crippen molar-refractivity contribution in [2.75, 3.05) is 39.6 Å². The molecule has 6 unspecified atom stereocenters. The van der Waals surface area contributed by atoms with Gasteiger partial charge in [0.25, 0.3) is 0 Å². The summed E-state index contributed by atoms with van der Waals surface area (Å²) in [6.07, 6.45) is 25.7. The maximum Gasteiger partial charge on any atom is 2.00 e. The maximum absolute atomic E-state index is 11.9. The van der Waals surface area contributed by atoms with Crippen molar-refractivity contribution in [2.45, 2.75) is 245 Å². The summed E-state index contributed by atoms with van der Waals surface area (Å²) in [4.78, 5) is 29.3. The molecule has 0 saturated heterocycles. The van der Waals surface area contributed by atoms with Crippen LogP contribution in [-0.4, -0.2) is 54.3 Å². The molecule has 2 radical (unpaired) electrons. The number of phosphoric acid groups is 3. The van der Waals surface area contributed by atoms with Crippen molar-refractivity contribution in [2.24, 2.45) is 35.5 Å². The molecule has 0 aliphatic heterocycles. The summed E-state index contributed by atoms with van der Waals surface area (Å²) in [5.74, 6) is 2.06. The van der Waals surface area contributed by atoms with Crippen molar-refractivity contribution in [3.63, 3.8) is 0 Å². The molecule has 0 amide bonds. The summed E-state index contributed by atoms with van der Waals surface area (Å²) in [6.45, 7) is 27.3. The fourth-order valence-corrected chi connectivity index (χ4v) is 9.32. The number of phosphoric ester groups is 3. The van der Waals surface area contributed by atoms with Crippen LogP contribution in [0.5, 0.6) is 0 Å². The van der Waals surface area contributed by atoms with Gasteiger partial charge in [-0.05, 0) is 74.0 Å². The van der Waals surface area contributed by atoms with Crippen molar-refractivity contribution in [1.82, 2.24) is 0 Å². The van der Waals surface area contributed by atoms with Crippen LogP contribution in [0.1, 0.15) is 245 Å². The standard InChI is InChI=1S/3C16H35O4P.CH4.4ClH.2Cu/c3*1-5-9-11-15(7-3)13-19-21(17,18)20-14-16(8-4)12-10-6-2;;;;;;;/h3*15-16H,5-14H2,1-4H3,(H,17,18);1H4;4*1H;;/q;;;;;;;;2*+2/p-2. The van der Waals surface area contributed by atoms with Crippen LogP contribution < -0.4 is 24.8 Å². The largest absolute Gasteiger partial charge is 2.00 e. The molecule has 6 atom stereocenters. The fraction of sp³-hybridized carbons (Fsp3) is 1.00. The molecule has 0 aromatic rings. The van der Waals surface area contributed by atoms with E-state index in [2.05, 4.69) is 83.1 Å². The van der Waals surface area contributed by atoms with Crippen molar-refractivity contribution < 1.29 is 114 Å². The Bertz CT molecular complexity index is 947. The average Bonchev–Trinajstić information content (AvgIpc) is 3.27. The van der Waals surface area contributed by atoms with Crippen molar-refractivity contribution in [3.8, 4) is 0 Å². The molecule has 0 aromatic carbocycles. The zero-order chi connectivity index (χ0) is 48.4. The van der Waals surface area contributed by atoms with Gasteiger partial charge < -0.3 is 39.5 Å². The second-order valence-corrected chi connectivity index (χ2v) is 22.0. The van der Waals surface area contributed by atoms with Crippen LogP contribution in [0.3, 0.4) is 0 Å². The van der Waals surface area contributed by atoms with Gasteiger partial charge in [-0.25, -0.2) is 13.7 Å². The van der Waals surface area contributed by atoms with Crippen LogP contribution in [0.2, 0.25) is 0 Å². The van der Waals surface area contributed by atoms with Crippen LogP contribution in [0.25, 0.3) is 0 Å². The van der Waals surface area contributed by atoms with Crippen molar-refractivity contribution in [1.29, 1.82) is 0 Å². The number of unbranched alkanes of at least 4 members (excludes halogenated alkanes) is 6. The van der Waals surface area contributed by atoms with Crippen molar-refractivity contribution in [3.05, 3.63) is 0 Å². The molecule has 0 saturated carbocycles. The van der Waals surface area contributed by atoms with E-state index < -0.39 is 23.5 Å². The molecule has 3 N–H and O–H groups in total. The summed E-state index contributed by atoms with van der Waals surface area (Å²) >= 11 is 0. The van der Waals surface area contributed by atoms with Gasteiger partial charge in [0.05, 0.1) is 39.6 Å². The third kappa shape index (κ3) is 61.4. The first-order chi connectivity index (χ1) is 30.0. The minimum Gasteiger partial charge on any atom is -1.00 e. The Morgan fingerprint density at radius 3 is 0.514 bits per heavy atom. The summed E-state index contributed by atoms with van der Waals surface area (Å²) in [5, 5.41) is 0. The first kappa shape index (κ1) is 94.9. The molecule has 0 rings (SSSR count). The van der Waals surface area contributed by atoms with E-state index in [4.69, 9.17) is 27.1 Å². The topological polar surface area (TPSA) is 167 Å². The monoisotopic (exact) mass is 1250 g/mol. The molecule has 0 fully saturated rings. The van der Waals surface area contributed by atoms with E-state index in [9.17, 15) is 28.4 Å². The third-order valence-corrected chi connectivity index (χ3v) is 15.0. The zero-order valence-corrected chi connectivity index (χ0v) is 52.9. The normalized spacial score (nSPS) is 15.6. The molecular formula is C49H111Cl4Cu2O12P3+2. The first-order valence-corrected chi connectivity index (χ1v) is 30.3. The quantitative estimate of drug-likeness (QED) is 0.0392. The van der Waals surface area contributed by atoms with Gasteiger partial charge >= 0.3 is 57.6 Å². The number of halogens is 4. The Hall–Kier alpha value is 2.53. The van der Waals surface area contributed by atoms with Crippen LogP contribution in [0.15, 0.2) is 0 Å². The molecule has 0 heterocycles. The maximum atomic E-state index is 11.9. The molecule has 0 aromatic heterocycles. The second-order valence-electron chi connectivity index (χ2n) is 17.7. The van der Waals surface area contributed by atoms with Gasteiger partial charge in [0.1, 0.15) is 0 Å². The van der Waals surface area contributed by atoms with E-state index in [0.717, 1.165) is 154 Å². The van der Waals surface area contributed by atoms with Crippen LogP contribution >= 0.6 is 48.3 Å². The Morgan fingerprint density at radius 2 is 0.429 bits per heavy atom. The van der Waals surface area contributed by atoms with Gasteiger partial charge in [0.15, 0.2) is 0 Å². The first-order valence-electron chi connectivity index (χ1n) is 25.8. The van der Waals surface area contributed by atoms with E-state index in [0.29, 0.717) is 75.1 Å². The summed E-state index contributed by atoms with van der Waals surface area (Å²) in [5.41, 5.74) is 0. The molecule has 70 heavy (non-hydrogen) atoms. The number of hydrogen-bond acceptors (Lipinski definition) is 9. The predicted molar refractivity (Wildman–Crippen MR) is 286 cm³/mol. The smallest absolute Gasteiger partial charge is 1.00 e. The van der Waals surface area contributed by atoms with Gasteiger partial charge in [-0.3, -0.25) is 27.1 Å². The Morgan fingerprint density at radius 1 is 0.314 bits per heavy atom. The molecule has 0 spiro atoms. The van der Waals surface area contributed by atoms with Crippen LogP contribution in [0.4, 0.5) is 0 Å². The van der Waals surface area contributed by atoms with Gasteiger partial charge in [-0.2, -0.15) is 0 Å². The molecule has 0 aliphatic rings. The van der Waals surface area contributed by atoms with Gasteiger partial charge in [-0.15, -0.1) is 24.8 Å². The number of hydrogen-bond donors (Lipinski definition) is 3. The van der Waals surface area contributed by atoms with E-state index in [1.54, 1.807) is 0 Å². The molecule has 442 valence electrons. The fourth-order valence-electron chi connectivity index (χ4n) is 6.70. The molecule has 0 bridgehead atoms. The summed E-state index contributed by atoms with van der Waals surface area (Å²) < 4.78 is 66.7. The molecule has 21 heteroatoms. The minimum atomic E-state index is -3.89. The predicted octanol–water partition coefficient (Wildman–Crippen LogP) is 12.1. The Kier molecular flexibility index (Phi) is 86.9. The van der Waals surface area contributed by atoms with Gasteiger partial charge in [-0.1, -0.05) is 206 Å². The van der Waals surface area contributed by atoms with Gasteiger partial charge in [0.2, 0.25) is 0 Å². The van der Waals surface area contributed by atoms with E-state index >= 15 is 0 Å². The summed E-state index contributed by atoms with van der Waals surface area (Å²) in [7, 11) is -11.7. The third-order valence-electron chi connectivity index (χ3n) is 12.1. The van der Waals surface area contributed by atoms with E-state index in [1.165, 1.54) is 0 Å². The van der Waals surface area contributed by atoms with Crippen molar-refractivity contribution >= 4 is 48.3 Å². The zero-order valence-electron chi connectivity index (χ0n) is 45.2. The van der Waals surface area contributed by atoms with Crippen LogP contribution in [-0.2, 0) is 75.0 Å². The number of rotatable bonds is 42. The molecule has 12 nitrogen and oxygen atoms in total. The molecular weight excluding hydrogens is 1140 g/mol. The Labute approximate surface area is 479 Å². The molecule has 0 aliphatic carbocycles. The second kappa shape index (κ2) is 64.1. The van der Waals surface area contributed by atoms with E-state index in [-0.39, 0.29) is 91.2 Å². The average molecular weight is 1250 g/mol. The van der Waals surface area contributed by atoms with Crippen LogP contribution in [0, 0.1) is 35.5 Å².